The third kappa shape index (κ3) is 3.89. The van der Waals surface area contributed by atoms with Gasteiger partial charge in [-0.25, -0.2) is 4.79 Å². The molecule has 4 aliphatic rings. The number of quaternary nitrogens is 1. The topological polar surface area (TPSA) is 46.5 Å². The molecule has 0 amide bonds. The van der Waals surface area contributed by atoms with Gasteiger partial charge in [-0.1, -0.05) is 78.9 Å². The first-order valence-corrected chi connectivity index (χ1v) is 13.1. The van der Waals surface area contributed by atoms with Crippen molar-refractivity contribution in [1.82, 2.24) is 0 Å². The molecule has 3 aromatic rings. The van der Waals surface area contributed by atoms with Crippen molar-refractivity contribution in [3.8, 4) is 11.1 Å². The Bertz CT molecular complexity index is 1170. The minimum atomic E-state index is -1.74. The number of carbonyl (C=O) groups excluding carboxylic acids is 1. The van der Waals surface area contributed by atoms with Gasteiger partial charge in [-0.15, -0.1) is 0 Å². The highest BCUT2D eigenvalue weighted by molar-refractivity contribution is 5.96. The summed E-state index contributed by atoms with van der Waals surface area (Å²) in [4.78, 5) is 13.7. The third-order valence-corrected chi connectivity index (χ3v) is 8.71. The zero-order chi connectivity index (χ0) is 23.9. The summed E-state index contributed by atoms with van der Waals surface area (Å²) in [7, 11) is 0. The normalized spacial score (nSPS) is 25.6. The van der Waals surface area contributed by atoms with E-state index in [1.807, 2.05) is 48.5 Å². The summed E-state index contributed by atoms with van der Waals surface area (Å²) in [5.74, 6) is -0.116. The largest absolute Gasteiger partial charge is 0.453 e. The molecule has 3 saturated heterocycles. The maximum Gasteiger partial charge on any atom is 0.348 e. The van der Waals surface area contributed by atoms with Crippen LogP contribution in [0.3, 0.4) is 0 Å². The molecule has 180 valence electrons. The van der Waals surface area contributed by atoms with Crippen molar-refractivity contribution in [1.29, 1.82) is 0 Å². The van der Waals surface area contributed by atoms with E-state index in [4.69, 9.17) is 4.74 Å². The zero-order valence-electron chi connectivity index (χ0n) is 20.2. The molecule has 4 nitrogen and oxygen atoms in total. The second kappa shape index (κ2) is 8.92. The Morgan fingerprint density at radius 3 is 2.11 bits per heavy atom. The van der Waals surface area contributed by atoms with Gasteiger partial charge < -0.3 is 14.3 Å². The molecule has 7 rings (SSSR count). The molecule has 0 unspecified atom stereocenters. The van der Waals surface area contributed by atoms with Gasteiger partial charge in [0.15, 0.2) is 6.10 Å². The molecular formula is C31H34NO3+. The molecule has 3 heterocycles. The van der Waals surface area contributed by atoms with Crippen LogP contribution in [0, 0.1) is 5.92 Å². The van der Waals surface area contributed by atoms with Crippen molar-refractivity contribution in [2.75, 3.05) is 26.2 Å². The van der Waals surface area contributed by atoms with Gasteiger partial charge in [-0.3, -0.25) is 0 Å². The number of hydrogen-bond acceptors (Lipinski definition) is 3. The zero-order valence-corrected chi connectivity index (χ0v) is 20.2. The summed E-state index contributed by atoms with van der Waals surface area (Å²) in [6, 6.07) is 26.0. The van der Waals surface area contributed by atoms with E-state index in [-0.39, 0.29) is 6.10 Å². The molecule has 4 heteroatoms. The lowest BCUT2D eigenvalue weighted by molar-refractivity contribution is -0.946. The van der Waals surface area contributed by atoms with Gasteiger partial charge in [-0.05, 0) is 36.0 Å². The van der Waals surface area contributed by atoms with Crippen LogP contribution in [0.2, 0.25) is 0 Å². The van der Waals surface area contributed by atoms with E-state index in [9.17, 15) is 9.90 Å². The molecule has 3 fully saturated rings. The van der Waals surface area contributed by atoms with Gasteiger partial charge in [0.05, 0.1) is 19.6 Å². The van der Waals surface area contributed by atoms with Crippen LogP contribution in [-0.4, -0.2) is 47.8 Å². The van der Waals surface area contributed by atoms with Crippen molar-refractivity contribution in [2.24, 2.45) is 5.92 Å². The van der Waals surface area contributed by atoms with Crippen LogP contribution < -0.4 is 0 Å². The number of aliphatic hydroxyl groups is 1. The summed E-state index contributed by atoms with van der Waals surface area (Å²) in [5, 5.41) is 11.8. The second-order valence-corrected chi connectivity index (χ2v) is 10.7. The Labute approximate surface area is 207 Å². The number of unbranched alkanes of at least 4 members (excludes halogenated alkanes) is 1. The van der Waals surface area contributed by atoms with Crippen LogP contribution in [0.25, 0.3) is 11.1 Å². The highest BCUT2D eigenvalue weighted by Gasteiger charge is 2.53. The Morgan fingerprint density at radius 1 is 0.857 bits per heavy atom. The number of aryl methyl sites for hydroxylation is 1. The summed E-state index contributed by atoms with van der Waals surface area (Å²) < 4.78 is 7.27. The molecule has 35 heavy (non-hydrogen) atoms. The number of ether oxygens (including phenoxy) is 1. The van der Waals surface area contributed by atoms with E-state index < -0.39 is 11.6 Å². The minimum Gasteiger partial charge on any atom is -0.453 e. The quantitative estimate of drug-likeness (QED) is 0.299. The van der Waals surface area contributed by atoms with Gasteiger partial charge in [0.1, 0.15) is 6.54 Å². The van der Waals surface area contributed by atoms with Crippen LogP contribution in [0.4, 0.5) is 0 Å². The predicted molar refractivity (Wildman–Crippen MR) is 137 cm³/mol. The molecule has 0 spiro atoms. The number of esters is 1. The number of rotatable bonds is 7. The number of fused-ring (bicyclic) bond motifs is 6. The van der Waals surface area contributed by atoms with E-state index in [2.05, 4.69) is 30.3 Å². The van der Waals surface area contributed by atoms with Gasteiger partial charge in [0, 0.05) is 29.9 Å². The molecule has 3 aliphatic heterocycles. The van der Waals surface area contributed by atoms with Crippen LogP contribution in [0.15, 0.2) is 78.9 Å². The van der Waals surface area contributed by atoms with Gasteiger partial charge in [0.2, 0.25) is 5.60 Å². The monoisotopic (exact) mass is 468 g/mol. The highest BCUT2D eigenvalue weighted by atomic mass is 16.6. The average molecular weight is 469 g/mol. The first-order valence-electron chi connectivity index (χ1n) is 13.1. The van der Waals surface area contributed by atoms with Crippen molar-refractivity contribution in [2.45, 2.75) is 43.8 Å². The first kappa shape index (κ1) is 22.5. The first-order chi connectivity index (χ1) is 17.1. The lowest BCUT2D eigenvalue weighted by Gasteiger charge is -2.52. The molecule has 0 aromatic heterocycles. The average Bonchev–Trinajstić information content (AvgIpc) is 3.18. The molecule has 2 bridgehead atoms. The van der Waals surface area contributed by atoms with Crippen molar-refractivity contribution in [3.05, 3.63) is 95.6 Å². The SMILES string of the molecule is O=C(O[C@H]1C[N+]2(CCCCc3ccccc3)CCC1CC2)C1(O)c2ccccc2-c2ccccc21. The Hall–Kier alpha value is -2.95. The van der Waals surface area contributed by atoms with E-state index in [0.717, 1.165) is 48.0 Å². The fraction of sp³-hybridized carbons (Fsp3) is 0.387. The molecule has 3 aromatic carbocycles. The fourth-order valence-electron chi connectivity index (χ4n) is 6.74. The van der Waals surface area contributed by atoms with Crippen LogP contribution in [0.5, 0.6) is 0 Å². The van der Waals surface area contributed by atoms with E-state index >= 15 is 0 Å². The Balaban J connectivity index is 1.15. The van der Waals surface area contributed by atoms with Crippen LogP contribution >= 0.6 is 0 Å². The number of carbonyl (C=O) groups is 1. The lowest BCUT2D eigenvalue weighted by Crippen LogP contribution is -2.65. The Morgan fingerprint density at radius 2 is 1.46 bits per heavy atom. The maximum atomic E-state index is 13.7. The Kier molecular flexibility index (Phi) is 5.74. The smallest absolute Gasteiger partial charge is 0.348 e. The molecule has 1 N–H and O–H groups in total. The predicted octanol–water partition coefficient (Wildman–Crippen LogP) is 5.08. The molecule has 1 atom stereocenters. The van der Waals surface area contributed by atoms with E-state index in [1.54, 1.807) is 0 Å². The number of benzene rings is 3. The highest BCUT2D eigenvalue weighted by Crippen LogP contribution is 2.48. The molecular weight excluding hydrogens is 434 g/mol. The van der Waals surface area contributed by atoms with Gasteiger partial charge >= 0.3 is 5.97 Å². The van der Waals surface area contributed by atoms with Crippen molar-refractivity contribution < 1.29 is 19.1 Å². The minimum absolute atomic E-state index is 0.122. The molecule has 0 saturated carbocycles. The molecule has 1 aliphatic carbocycles. The maximum absolute atomic E-state index is 13.7. The van der Waals surface area contributed by atoms with Gasteiger partial charge in [0.25, 0.3) is 0 Å². The summed E-state index contributed by atoms with van der Waals surface area (Å²) >= 11 is 0. The second-order valence-electron chi connectivity index (χ2n) is 10.7. The van der Waals surface area contributed by atoms with Crippen LogP contribution in [-0.2, 0) is 21.6 Å². The number of piperidine rings is 3. The summed E-state index contributed by atoms with van der Waals surface area (Å²) in [6.07, 6.45) is 5.57. The molecule has 0 radical (unpaired) electrons. The van der Waals surface area contributed by atoms with Crippen molar-refractivity contribution >= 4 is 5.97 Å². The number of hydrogen-bond donors (Lipinski definition) is 1. The summed E-state index contributed by atoms with van der Waals surface area (Å²) in [6.45, 7) is 4.38. The van der Waals surface area contributed by atoms with Crippen molar-refractivity contribution in [3.63, 3.8) is 0 Å². The van der Waals surface area contributed by atoms with Crippen LogP contribution in [0.1, 0.15) is 42.4 Å². The fourth-order valence-corrected chi connectivity index (χ4v) is 6.74. The standard InChI is InChI=1S/C31H34NO3/c33-30(31(34)27-15-6-4-13-25(27)26-14-5-7-16-28(26)31)35-29-22-32(20-17-24(29)18-21-32)19-9-8-12-23-10-2-1-3-11-23/h1-7,10-11,13-16,24,29,34H,8-9,12,17-22H2/q+1/t24?,29-,32?/m0/s1. The third-order valence-electron chi connectivity index (χ3n) is 8.71. The van der Waals surface area contributed by atoms with E-state index in [0.29, 0.717) is 17.0 Å². The van der Waals surface area contributed by atoms with E-state index in [1.165, 1.54) is 31.5 Å². The van der Waals surface area contributed by atoms with Gasteiger partial charge in [-0.2, -0.15) is 0 Å². The number of nitrogens with zero attached hydrogens (tertiary/aromatic N) is 1. The summed E-state index contributed by atoms with van der Waals surface area (Å²) in [5.41, 5.74) is 2.77. The lowest BCUT2D eigenvalue weighted by atomic mass is 9.82.